The minimum absolute atomic E-state index is 0.0289. The van der Waals surface area contributed by atoms with Gasteiger partial charge in [-0.2, -0.15) is 0 Å². The third kappa shape index (κ3) is 3.67. The molecule has 138 valence electrons. The monoisotopic (exact) mass is 367 g/mol. The van der Waals surface area contributed by atoms with Gasteiger partial charge in [0, 0.05) is 11.1 Å². The first kappa shape index (κ1) is 18.2. The molecule has 0 aliphatic carbocycles. The summed E-state index contributed by atoms with van der Waals surface area (Å²) in [6, 6.07) is 12.2. The van der Waals surface area contributed by atoms with Gasteiger partial charge in [-0.1, -0.05) is 25.1 Å². The number of nitrogens with zero attached hydrogens (tertiary/aromatic N) is 1. The Labute approximate surface area is 154 Å². The van der Waals surface area contributed by atoms with Crippen LogP contribution in [0.4, 0.5) is 5.69 Å². The lowest BCUT2D eigenvalue weighted by Gasteiger charge is -2.20. The van der Waals surface area contributed by atoms with Crippen LogP contribution in [0.5, 0.6) is 5.75 Å². The van der Waals surface area contributed by atoms with E-state index < -0.39 is 24.0 Å². The van der Waals surface area contributed by atoms with Gasteiger partial charge in [0.2, 0.25) is 0 Å². The zero-order valence-corrected chi connectivity index (χ0v) is 14.5. The molecule has 2 aromatic carbocycles. The first-order valence-corrected chi connectivity index (χ1v) is 8.29. The van der Waals surface area contributed by atoms with Crippen LogP contribution in [0, 0.1) is 0 Å². The topological polar surface area (TPSA) is 108 Å². The van der Waals surface area contributed by atoms with E-state index in [9.17, 15) is 19.5 Å². The Hall–Kier alpha value is -3.61. The van der Waals surface area contributed by atoms with Gasteiger partial charge in [0.25, 0.3) is 5.91 Å². The molecule has 0 unspecified atom stereocenters. The van der Waals surface area contributed by atoms with E-state index in [2.05, 4.69) is 0 Å². The highest BCUT2D eigenvalue weighted by molar-refractivity contribution is 6.09. The van der Waals surface area contributed by atoms with Crippen molar-refractivity contribution in [1.82, 2.24) is 0 Å². The van der Waals surface area contributed by atoms with Gasteiger partial charge >= 0.3 is 11.6 Å². The van der Waals surface area contributed by atoms with Crippen LogP contribution in [0.2, 0.25) is 0 Å². The first-order valence-electron chi connectivity index (χ1n) is 8.29. The Morgan fingerprint density at radius 2 is 1.81 bits per heavy atom. The van der Waals surface area contributed by atoms with Crippen molar-refractivity contribution in [3.63, 3.8) is 0 Å². The third-order valence-corrected chi connectivity index (χ3v) is 4.15. The Kier molecular flexibility index (Phi) is 4.94. The predicted octanol–water partition coefficient (Wildman–Crippen LogP) is 2.79. The number of aryl methyl sites for hydroxylation is 1. The molecule has 2 N–H and O–H groups in total. The lowest BCUT2D eigenvalue weighted by Crippen LogP contribution is -2.38. The van der Waals surface area contributed by atoms with Gasteiger partial charge in [-0.05, 0) is 42.3 Å². The summed E-state index contributed by atoms with van der Waals surface area (Å²) in [7, 11) is 0. The van der Waals surface area contributed by atoms with Gasteiger partial charge in [-0.25, -0.2) is 4.79 Å². The van der Waals surface area contributed by atoms with Crippen LogP contribution in [0.1, 0.15) is 22.8 Å². The summed E-state index contributed by atoms with van der Waals surface area (Å²) in [6.07, 6.45) is 0.659. The van der Waals surface area contributed by atoms with Gasteiger partial charge in [-0.3, -0.25) is 14.5 Å². The third-order valence-electron chi connectivity index (χ3n) is 4.15. The molecule has 0 saturated heterocycles. The van der Waals surface area contributed by atoms with Crippen molar-refractivity contribution < 1.29 is 24.2 Å². The van der Waals surface area contributed by atoms with E-state index >= 15 is 0 Å². The normalized spacial score (nSPS) is 10.7. The Bertz CT molecular complexity index is 1070. The minimum atomic E-state index is -1.24. The van der Waals surface area contributed by atoms with Crippen LogP contribution in [0.3, 0.4) is 0 Å². The number of aromatic hydroxyl groups is 1. The van der Waals surface area contributed by atoms with Crippen LogP contribution in [0.15, 0.2) is 57.7 Å². The molecule has 1 aromatic heterocycles. The molecule has 0 radical (unpaired) electrons. The van der Waals surface area contributed by atoms with E-state index in [-0.39, 0.29) is 17.0 Å². The van der Waals surface area contributed by atoms with Crippen LogP contribution >= 0.6 is 0 Å². The van der Waals surface area contributed by atoms with E-state index in [0.29, 0.717) is 17.4 Å². The highest BCUT2D eigenvalue weighted by Crippen LogP contribution is 2.22. The number of carbonyl (C=O) groups excluding carboxylic acids is 1. The Balaban J connectivity index is 2.10. The van der Waals surface area contributed by atoms with Crippen LogP contribution in [-0.4, -0.2) is 28.6 Å². The molecule has 0 aliphatic rings. The molecule has 0 spiro atoms. The molecular weight excluding hydrogens is 350 g/mol. The maximum atomic E-state index is 12.9. The molecule has 0 fully saturated rings. The van der Waals surface area contributed by atoms with Crippen LogP contribution in [0.25, 0.3) is 11.0 Å². The summed E-state index contributed by atoms with van der Waals surface area (Å²) < 4.78 is 5.36. The maximum Gasteiger partial charge on any atom is 0.349 e. The fourth-order valence-corrected chi connectivity index (χ4v) is 2.83. The molecule has 0 atom stereocenters. The smallest absolute Gasteiger partial charge is 0.349 e. The van der Waals surface area contributed by atoms with Gasteiger partial charge in [0.15, 0.2) is 0 Å². The predicted molar refractivity (Wildman–Crippen MR) is 99.3 cm³/mol. The molecule has 3 rings (SSSR count). The van der Waals surface area contributed by atoms with Crippen LogP contribution < -0.4 is 10.5 Å². The van der Waals surface area contributed by atoms with E-state index in [4.69, 9.17) is 9.52 Å². The van der Waals surface area contributed by atoms with Crippen LogP contribution in [-0.2, 0) is 11.2 Å². The minimum Gasteiger partial charge on any atom is -0.508 e. The lowest BCUT2D eigenvalue weighted by atomic mass is 10.1. The van der Waals surface area contributed by atoms with Crippen molar-refractivity contribution in [3.8, 4) is 5.75 Å². The summed E-state index contributed by atoms with van der Waals surface area (Å²) in [5.41, 5.74) is 0.398. The second-order valence-corrected chi connectivity index (χ2v) is 5.94. The number of benzene rings is 2. The molecule has 0 aliphatic heterocycles. The van der Waals surface area contributed by atoms with Gasteiger partial charge < -0.3 is 14.6 Å². The number of hydrogen-bond acceptors (Lipinski definition) is 5. The average molecular weight is 367 g/mol. The standard InChI is InChI=1S/C20H17NO6/c1-2-12-4-3-5-13-10-16(20(26)27-18(12)13)19(25)21(11-17(23)24)14-6-8-15(22)9-7-14/h3-10,22H,2,11H2,1H3,(H,23,24). The summed E-state index contributed by atoms with van der Waals surface area (Å²) in [5, 5.41) is 19.1. The number of aliphatic carboxylic acids is 1. The molecule has 0 bridgehead atoms. The molecule has 27 heavy (non-hydrogen) atoms. The SMILES string of the molecule is CCc1cccc2cc(C(=O)N(CC(=O)O)c3ccc(O)cc3)c(=O)oc12. The van der Waals surface area contributed by atoms with Crippen molar-refractivity contribution in [1.29, 1.82) is 0 Å². The highest BCUT2D eigenvalue weighted by Gasteiger charge is 2.24. The van der Waals surface area contributed by atoms with E-state index in [0.717, 1.165) is 10.5 Å². The van der Waals surface area contributed by atoms with Gasteiger partial charge in [-0.15, -0.1) is 0 Å². The number of phenols is 1. The molecule has 7 nitrogen and oxygen atoms in total. The number of para-hydroxylation sites is 1. The fourth-order valence-electron chi connectivity index (χ4n) is 2.83. The zero-order valence-electron chi connectivity index (χ0n) is 14.5. The second kappa shape index (κ2) is 7.33. The number of amides is 1. The summed E-state index contributed by atoms with van der Waals surface area (Å²) in [4.78, 5) is 37.5. The number of anilines is 1. The number of carbonyl (C=O) groups is 2. The van der Waals surface area contributed by atoms with Crippen molar-refractivity contribution >= 4 is 28.5 Å². The van der Waals surface area contributed by atoms with Crippen molar-refractivity contribution in [2.45, 2.75) is 13.3 Å². The maximum absolute atomic E-state index is 12.9. The molecule has 1 amide bonds. The van der Waals surface area contributed by atoms with E-state index in [1.807, 2.05) is 13.0 Å². The number of rotatable bonds is 5. The van der Waals surface area contributed by atoms with Crippen molar-refractivity contribution in [2.75, 3.05) is 11.4 Å². The Morgan fingerprint density at radius 1 is 1.11 bits per heavy atom. The molecule has 7 heteroatoms. The lowest BCUT2D eigenvalue weighted by molar-refractivity contribution is -0.135. The average Bonchev–Trinajstić information content (AvgIpc) is 2.65. The summed E-state index contributed by atoms with van der Waals surface area (Å²) >= 11 is 0. The summed E-state index contributed by atoms with van der Waals surface area (Å²) in [5.74, 6) is -2.06. The Morgan fingerprint density at radius 3 is 2.44 bits per heavy atom. The zero-order chi connectivity index (χ0) is 19.6. The largest absolute Gasteiger partial charge is 0.508 e. The van der Waals surface area contributed by atoms with Gasteiger partial charge in [0.05, 0.1) is 0 Å². The molecular formula is C20H17NO6. The highest BCUT2D eigenvalue weighted by atomic mass is 16.4. The fraction of sp³-hybridized carbons (Fsp3) is 0.150. The van der Waals surface area contributed by atoms with E-state index in [1.54, 1.807) is 12.1 Å². The molecule has 3 aromatic rings. The number of phenolic OH excluding ortho intramolecular Hbond substituents is 1. The van der Waals surface area contributed by atoms with Crippen molar-refractivity contribution in [3.05, 3.63) is 70.1 Å². The number of carboxylic acid groups (broad SMARTS) is 1. The number of hydrogen-bond donors (Lipinski definition) is 2. The second-order valence-electron chi connectivity index (χ2n) is 5.94. The number of fused-ring (bicyclic) bond motifs is 1. The number of carboxylic acids is 1. The quantitative estimate of drug-likeness (QED) is 0.672. The molecule has 1 heterocycles. The van der Waals surface area contributed by atoms with E-state index in [1.165, 1.54) is 30.3 Å². The summed E-state index contributed by atoms with van der Waals surface area (Å²) in [6.45, 7) is 1.28. The van der Waals surface area contributed by atoms with Crippen molar-refractivity contribution in [2.24, 2.45) is 0 Å². The van der Waals surface area contributed by atoms with Gasteiger partial charge in [0.1, 0.15) is 23.4 Å². The first-order chi connectivity index (χ1) is 12.9. The molecule has 0 saturated carbocycles.